The van der Waals surface area contributed by atoms with Gasteiger partial charge in [-0.15, -0.1) is 20.1 Å². The van der Waals surface area contributed by atoms with Crippen LogP contribution in [0.4, 0.5) is 14.5 Å². The smallest absolute Gasteiger partial charge is 0.465 e. The highest BCUT2D eigenvalue weighted by molar-refractivity contribution is 7.93. The fourth-order valence-electron chi connectivity index (χ4n) is 1.97. The third-order valence-corrected chi connectivity index (χ3v) is 5.39. The summed E-state index contributed by atoms with van der Waals surface area (Å²) in [6.07, 6.45) is -3.80. The van der Waals surface area contributed by atoms with Crippen LogP contribution in [0.25, 0.3) is 0 Å². The van der Waals surface area contributed by atoms with Crippen molar-refractivity contribution < 1.29 is 36.2 Å². The number of carbonyl (C=O) groups excluding carboxylic acids is 1. The summed E-state index contributed by atoms with van der Waals surface area (Å²) in [6.45, 7) is 0. The van der Waals surface area contributed by atoms with E-state index in [1.165, 1.54) is 17.5 Å². The molecule has 7 nitrogen and oxygen atoms in total. The van der Waals surface area contributed by atoms with E-state index in [9.17, 15) is 22.0 Å². The first-order valence-electron chi connectivity index (χ1n) is 6.30. The number of carbonyl (C=O) groups is 1. The molecule has 3 rings (SSSR count). The van der Waals surface area contributed by atoms with E-state index in [-0.39, 0.29) is 27.0 Å². The molecule has 0 atom stereocenters. The van der Waals surface area contributed by atoms with Gasteiger partial charge in [0.1, 0.15) is 9.77 Å². The van der Waals surface area contributed by atoms with Crippen LogP contribution in [0.5, 0.6) is 11.5 Å². The van der Waals surface area contributed by atoms with Gasteiger partial charge >= 0.3 is 12.3 Å². The van der Waals surface area contributed by atoms with Crippen molar-refractivity contribution >= 4 is 33.0 Å². The number of fused-ring (bicyclic) bond motifs is 1. The summed E-state index contributed by atoms with van der Waals surface area (Å²) in [5.74, 6) is -1.32. The first-order chi connectivity index (χ1) is 11.2. The third kappa shape index (κ3) is 2.99. The zero-order valence-corrected chi connectivity index (χ0v) is 13.5. The second-order valence-corrected chi connectivity index (χ2v) is 7.11. The number of esters is 1. The van der Waals surface area contributed by atoms with Gasteiger partial charge in [-0.2, -0.15) is 0 Å². The lowest BCUT2D eigenvalue weighted by molar-refractivity contribution is -0.286. The molecule has 0 fully saturated rings. The number of ether oxygens (including phenoxy) is 3. The van der Waals surface area contributed by atoms with Crippen LogP contribution in [0.3, 0.4) is 0 Å². The number of hydrogen-bond acceptors (Lipinski definition) is 7. The van der Waals surface area contributed by atoms with Gasteiger partial charge in [0.15, 0.2) is 11.5 Å². The molecule has 128 valence electrons. The van der Waals surface area contributed by atoms with Crippen molar-refractivity contribution in [3.05, 3.63) is 34.5 Å². The van der Waals surface area contributed by atoms with Crippen molar-refractivity contribution in [2.45, 2.75) is 11.2 Å². The van der Waals surface area contributed by atoms with Crippen LogP contribution < -0.4 is 14.2 Å². The van der Waals surface area contributed by atoms with Crippen LogP contribution in [-0.4, -0.2) is 27.8 Å². The minimum absolute atomic E-state index is 0.0305. The first-order valence-corrected chi connectivity index (χ1v) is 8.67. The van der Waals surface area contributed by atoms with Crippen LogP contribution in [0.2, 0.25) is 0 Å². The Labute approximate surface area is 138 Å². The van der Waals surface area contributed by atoms with Crippen molar-refractivity contribution in [2.75, 3.05) is 11.8 Å². The highest BCUT2D eigenvalue weighted by Crippen LogP contribution is 2.42. The van der Waals surface area contributed by atoms with Crippen LogP contribution in [-0.2, 0) is 14.8 Å². The van der Waals surface area contributed by atoms with Crippen molar-refractivity contribution in [3.63, 3.8) is 0 Å². The summed E-state index contributed by atoms with van der Waals surface area (Å²) in [5.41, 5.74) is -0.0305. The standard InChI is InChI=1S/C13H9F2NO6S2/c1-20-12(17)11-10(4-5-23-11)24(18,19)16-7-2-3-8-9(6-7)22-13(14,15)21-8/h2-6,16H,1H3. The maximum atomic E-state index is 13.0. The van der Waals surface area contributed by atoms with Gasteiger partial charge in [-0.1, -0.05) is 0 Å². The normalized spacial score (nSPS) is 15.1. The monoisotopic (exact) mass is 377 g/mol. The molecule has 1 aliphatic heterocycles. The molecule has 0 radical (unpaired) electrons. The molecule has 1 N–H and O–H groups in total. The number of halogens is 2. The average Bonchev–Trinajstić information content (AvgIpc) is 3.08. The second kappa shape index (κ2) is 5.60. The predicted octanol–water partition coefficient (Wildman–Crippen LogP) is 2.66. The fourth-order valence-corrected chi connectivity index (χ4v) is 4.36. The average molecular weight is 377 g/mol. The fraction of sp³-hybridized carbons (Fsp3) is 0.154. The first kappa shape index (κ1) is 16.5. The van der Waals surface area contributed by atoms with Crippen LogP contribution in [0.15, 0.2) is 34.5 Å². The van der Waals surface area contributed by atoms with Gasteiger partial charge in [-0.3, -0.25) is 4.72 Å². The molecular formula is C13H9F2NO6S2. The molecule has 0 bridgehead atoms. The van der Waals surface area contributed by atoms with E-state index in [1.807, 2.05) is 0 Å². The Hall–Kier alpha value is -2.40. The predicted molar refractivity (Wildman–Crippen MR) is 79.1 cm³/mol. The van der Waals surface area contributed by atoms with Gasteiger partial charge in [0.25, 0.3) is 10.0 Å². The van der Waals surface area contributed by atoms with E-state index < -0.39 is 22.3 Å². The summed E-state index contributed by atoms with van der Waals surface area (Å²) in [5, 5.41) is 1.42. The van der Waals surface area contributed by atoms with Crippen molar-refractivity contribution in [1.29, 1.82) is 0 Å². The minimum atomic E-state index is -4.13. The maximum absolute atomic E-state index is 13.0. The quantitative estimate of drug-likeness (QED) is 0.824. The highest BCUT2D eigenvalue weighted by Gasteiger charge is 2.43. The largest absolute Gasteiger partial charge is 0.586 e. The number of thiophene rings is 1. The second-order valence-electron chi connectivity index (χ2n) is 4.54. The molecule has 2 aromatic rings. The molecule has 1 aliphatic rings. The topological polar surface area (TPSA) is 90.9 Å². The Kier molecular flexibility index (Phi) is 3.84. The molecule has 0 saturated carbocycles. The third-order valence-electron chi connectivity index (χ3n) is 2.94. The number of nitrogens with one attached hydrogen (secondary N) is 1. The van der Waals surface area contributed by atoms with Gasteiger partial charge < -0.3 is 14.2 Å². The molecule has 0 spiro atoms. The van der Waals surface area contributed by atoms with E-state index in [1.54, 1.807) is 0 Å². The van der Waals surface area contributed by atoms with Crippen molar-refractivity contribution in [2.24, 2.45) is 0 Å². The number of benzene rings is 1. The molecule has 24 heavy (non-hydrogen) atoms. The van der Waals surface area contributed by atoms with Crippen molar-refractivity contribution in [1.82, 2.24) is 0 Å². The van der Waals surface area contributed by atoms with Gasteiger partial charge in [0, 0.05) is 6.07 Å². The van der Waals surface area contributed by atoms with E-state index in [0.717, 1.165) is 30.6 Å². The zero-order chi connectivity index (χ0) is 17.5. The van der Waals surface area contributed by atoms with Crippen molar-refractivity contribution in [3.8, 4) is 11.5 Å². The van der Waals surface area contributed by atoms with Crippen LogP contribution >= 0.6 is 11.3 Å². The summed E-state index contributed by atoms with van der Waals surface area (Å²) < 4.78 is 65.9. The lowest BCUT2D eigenvalue weighted by Gasteiger charge is -2.08. The van der Waals surface area contributed by atoms with Crippen LogP contribution in [0, 0.1) is 0 Å². The summed E-state index contributed by atoms with van der Waals surface area (Å²) >= 11 is 0.902. The van der Waals surface area contributed by atoms with Gasteiger partial charge in [-0.25, -0.2) is 13.2 Å². The number of methoxy groups -OCH3 is 1. The number of anilines is 1. The Bertz CT molecular complexity index is 909. The Morgan fingerprint density at radius 1 is 1.25 bits per heavy atom. The Morgan fingerprint density at radius 3 is 2.67 bits per heavy atom. The number of sulfonamides is 1. The molecule has 0 aliphatic carbocycles. The number of rotatable bonds is 4. The van der Waals surface area contributed by atoms with Gasteiger partial charge in [-0.05, 0) is 23.6 Å². The summed E-state index contributed by atoms with van der Waals surface area (Å²) in [4.78, 5) is 11.2. The van der Waals surface area contributed by atoms with E-state index in [2.05, 4.69) is 18.9 Å². The molecule has 0 unspecified atom stereocenters. The molecule has 11 heteroatoms. The molecule has 0 saturated heterocycles. The molecular weight excluding hydrogens is 368 g/mol. The number of hydrogen-bond donors (Lipinski definition) is 1. The van der Waals surface area contributed by atoms with E-state index >= 15 is 0 Å². The minimum Gasteiger partial charge on any atom is -0.465 e. The lowest BCUT2D eigenvalue weighted by Crippen LogP contribution is -2.25. The molecule has 0 amide bonds. The molecule has 2 heterocycles. The Morgan fingerprint density at radius 2 is 1.96 bits per heavy atom. The zero-order valence-electron chi connectivity index (χ0n) is 11.9. The maximum Gasteiger partial charge on any atom is 0.586 e. The van der Waals surface area contributed by atoms with Gasteiger partial charge in [0.05, 0.1) is 12.8 Å². The SMILES string of the molecule is COC(=O)c1sccc1S(=O)(=O)Nc1ccc2c(c1)OC(F)(F)O2. The van der Waals surface area contributed by atoms with E-state index in [4.69, 9.17) is 0 Å². The highest BCUT2D eigenvalue weighted by atomic mass is 32.2. The van der Waals surface area contributed by atoms with Crippen LogP contribution in [0.1, 0.15) is 9.67 Å². The van der Waals surface area contributed by atoms with Gasteiger partial charge in [0.2, 0.25) is 0 Å². The Balaban J connectivity index is 1.89. The lowest BCUT2D eigenvalue weighted by atomic mass is 10.3. The number of alkyl halides is 2. The molecule has 1 aromatic heterocycles. The van der Waals surface area contributed by atoms with E-state index in [0.29, 0.717) is 0 Å². The summed E-state index contributed by atoms with van der Waals surface area (Å²) in [6, 6.07) is 4.66. The molecule has 1 aromatic carbocycles. The summed E-state index contributed by atoms with van der Waals surface area (Å²) in [7, 11) is -3.00.